The summed E-state index contributed by atoms with van der Waals surface area (Å²) in [6.45, 7) is 3.91. The van der Waals surface area contributed by atoms with E-state index in [4.69, 9.17) is 4.55 Å². The van der Waals surface area contributed by atoms with Gasteiger partial charge < -0.3 is 0 Å². The van der Waals surface area contributed by atoms with E-state index in [1.807, 2.05) is 0 Å². The molecule has 0 amide bonds. The van der Waals surface area contributed by atoms with E-state index in [2.05, 4.69) is 0 Å². The molecule has 0 bridgehead atoms. The third-order valence-corrected chi connectivity index (χ3v) is 4.70. The normalized spacial score (nSPS) is 13.4. The molecule has 0 aliphatic rings. The summed E-state index contributed by atoms with van der Waals surface area (Å²) in [5, 5.41) is 0. The van der Waals surface area contributed by atoms with Gasteiger partial charge in [0.1, 0.15) is 0 Å². The predicted molar refractivity (Wildman–Crippen MR) is 53.1 cm³/mol. The smallest absolute Gasteiger partial charge is 0.265 e. The highest BCUT2D eigenvalue weighted by atomic mass is 32.2. The summed E-state index contributed by atoms with van der Waals surface area (Å²) in [5.74, 6) is -1.33. The van der Waals surface area contributed by atoms with Crippen LogP contribution in [0, 0.1) is 0 Å². The molecular formula is C6H15NO5S2. The van der Waals surface area contributed by atoms with Gasteiger partial charge in [-0.3, -0.25) is 4.55 Å². The Morgan fingerprint density at radius 2 is 1.43 bits per heavy atom. The monoisotopic (exact) mass is 245 g/mol. The first-order chi connectivity index (χ1) is 6.23. The van der Waals surface area contributed by atoms with E-state index in [9.17, 15) is 16.8 Å². The molecule has 0 radical (unpaired) electrons. The number of sulfonamides is 1. The van der Waals surface area contributed by atoms with Gasteiger partial charge in [0.25, 0.3) is 10.1 Å². The lowest BCUT2D eigenvalue weighted by Gasteiger charge is -2.17. The Hall–Kier alpha value is -0.180. The van der Waals surface area contributed by atoms with Crippen molar-refractivity contribution in [2.24, 2.45) is 0 Å². The standard InChI is InChI=1S/C6H15NO5S2/c1-3-7(4-2)13(8,9)5-6-14(10,11)12/h3-6H2,1-2H3,(H,10,11,12). The lowest BCUT2D eigenvalue weighted by atomic mass is 10.7. The zero-order valence-corrected chi connectivity index (χ0v) is 9.81. The molecule has 0 aliphatic heterocycles. The molecule has 0 saturated heterocycles. The van der Waals surface area contributed by atoms with E-state index in [0.29, 0.717) is 13.1 Å². The van der Waals surface area contributed by atoms with E-state index in [1.54, 1.807) is 13.8 Å². The summed E-state index contributed by atoms with van der Waals surface area (Å²) >= 11 is 0. The Bertz CT molecular complexity index is 354. The Morgan fingerprint density at radius 3 is 1.71 bits per heavy atom. The maximum atomic E-state index is 11.4. The molecule has 0 aromatic carbocycles. The van der Waals surface area contributed by atoms with Gasteiger partial charge in [0, 0.05) is 13.1 Å². The van der Waals surface area contributed by atoms with E-state index in [-0.39, 0.29) is 0 Å². The third kappa shape index (κ3) is 4.89. The minimum Gasteiger partial charge on any atom is -0.286 e. The van der Waals surface area contributed by atoms with Crippen LogP contribution in [-0.4, -0.2) is 50.3 Å². The van der Waals surface area contributed by atoms with Crippen molar-refractivity contribution in [1.82, 2.24) is 4.31 Å². The molecular weight excluding hydrogens is 230 g/mol. The van der Waals surface area contributed by atoms with Gasteiger partial charge in [-0.1, -0.05) is 13.8 Å². The zero-order chi connectivity index (χ0) is 11.4. The highest BCUT2D eigenvalue weighted by Crippen LogP contribution is 2.01. The first kappa shape index (κ1) is 13.8. The molecule has 0 atom stereocenters. The second kappa shape index (κ2) is 5.06. The minimum absolute atomic E-state index is 0.296. The molecule has 0 spiro atoms. The topological polar surface area (TPSA) is 91.8 Å². The van der Waals surface area contributed by atoms with Gasteiger partial charge >= 0.3 is 0 Å². The van der Waals surface area contributed by atoms with Crippen molar-refractivity contribution >= 4 is 20.1 Å². The van der Waals surface area contributed by atoms with Crippen LogP contribution >= 0.6 is 0 Å². The molecule has 0 heterocycles. The summed E-state index contributed by atoms with van der Waals surface area (Å²) < 4.78 is 53.0. The fourth-order valence-corrected chi connectivity index (χ4v) is 3.69. The van der Waals surface area contributed by atoms with Crippen molar-refractivity contribution in [3.63, 3.8) is 0 Å². The van der Waals surface area contributed by atoms with Gasteiger partial charge in [-0.25, -0.2) is 12.7 Å². The SMILES string of the molecule is CCN(CC)S(=O)(=O)CCS(=O)(=O)O. The number of hydrogen-bond acceptors (Lipinski definition) is 4. The van der Waals surface area contributed by atoms with Crippen LogP contribution in [0.1, 0.15) is 13.8 Å². The quantitative estimate of drug-likeness (QED) is 0.640. The van der Waals surface area contributed by atoms with Crippen LogP contribution in [0.25, 0.3) is 0 Å². The molecule has 86 valence electrons. The van der Waals surface area contributed by atoms with Crippen LogP contribution in [0.4, 0.5) is 0 Å². The molecule has 6 nitrogen and oxygen atoms in total. The fraction of sp³-hybridized carbons (Fsp3) is 1.00. The van der Waals surface area contributed by atoms with Gasteiger partial charge in [0.2, 0.25) is 10.0 Å². The van der Waals surface area contributed by atoms with Crippen LogP contribution < -0.4 is 0 Å². The molecule has 0 saturated carbocycles. The molecule has 0 aromatic heterocycles. The zero-order valence-electron chi connectivity index (χ0n) is 8.17. The van der Waals surface area contributed by atoms with Gasteiger partial charge in [-0.05, 0) is 0 Å². The Balaban J connectivity index is 4.50. The van der Waals surface area contributed by atoms with E-state index < -0.39 is 31.6 Å². The lowest BCUT2D eigenvalue weighted by molar-refractivity contribution is 0.444. The largest absolute Gasteiger partial charge is 0.286 e. The van der Waals surface area contributed by atoms with Gasteiger partial charge in [0.05, 0.1) is 11.5 Å². The van der Waals surface area contributed by atoms with Crippen molar-refractivity contribution in [2.45, 2.75) is 13.8 Å². The molecule has 8 heteroatoms. The second-order valence-electron chi connectivity index (χ2n) is 2.69. The van der Waals surface area contributed by atoms with Crippen molar-refractivity contribution in [2.75, 3.05) is 24.6 Å². The molecule has 14 heavy (non-hydrogen) atoms. The van der Waals surface area contributed by atoms with E-state index in [1.165, 1.54) is 0 Å². The molecule has 0 rings (SSSR count). The van der Waals surface area contributed by atoms with Crippen LogP contribution in [-0.2, 0) is 20.1 Å². The summed E-state index contributed by atoms with van der Waals surface area (Å²) in [4.78, 5) is 0. The summed E-state index contributed by atoms with van der Waals surface area (Å²) in [6, 6.07) is 0. The first-order valence-electron chi connectivity index (χ1n) is 4.16. The Morgan fingerprint density at radius 1 is 1.00 bits per heavy atom. The van der Waals surface area contributed by atoms with Gasteiger partial charge in [-0.2, -0.15) is 8.42 Å². The minimum atomic E-state index is -4.21. The summed E-state index contributed by atoms with van der Waals surface area (Å²) in [5.41, 5.74) is 0. The van der Waals surface area contributed by atoms with E-state index in [0.717, 1.165) is 4.31 Å². The maximum absolute atomic E-state index is 11.4. The van der Waals surface area contributed by atoms with E-state index >= 15 is 0 Å². The average molecular weight is 245 g/mol. The fourth-order valence-electron chi connectivity index (χ4n) is 0.957. The predicted octanol–water partition coefficient (Wildman–Crippen LogP) is -0.454. The number of nitrogens with zero attached hydrogens (tertiary/aromatic N) is 1. The highest BCUT2D eigenvalue weighted by Gasteiger charge is 2.21. The van der Waals surface area contributed by atoms with Crippen molar-refractivity contribution < 1.29 is 21.4 Å². The molecule has 0 aliphatic carbocycles. The lowest BCUT2D eigenvalue weighted by Crippen LogP contribution is -2.34. The molecule has 0 fully saturated rings. The maximum Gasteiger partial charge on any atom is 0.265 e. The summed E-state index contributed by atoms with van der Waals surface area (Å²) in [7, 11) is -7.77. The number of hydrogen-bond donors (Lipinski definition) is 1. The molecule has 1 N–H and O–H groups in total. The van der Waals surface area contributed by atoms with Crippen molar-refractivity contribution in [3.05, 3.63) is 0 Å². The second-order valence-corrected chi connectivity index (χ2v) is 6.35. The molecule has 0 aromatic rings. The highest BCUT2D eigenvalue weighted by molar-refractivity contribution is 7.91. The Labute approximate surface area is 84.7 Å². The Kier molecular flexibility index (Phi) is 4.99. The van der Waals surface area contributed by atoms with Gasteiger partial charge in [0.15, 0.2) is 0 Å². The van der Waals surface area contributed by atoms with Crippen LogP contribution in [0.3, 0.4) is 0 Å². The van der Waals surface area contributed by atoms with Crippen LogP contribution in [0.5, 0.6) is 0 Å². The first-order valence-corrected chi connectivity index (χ1v) is 7.37. The third-order valence-electron chi connectivity index (χ3n) is 1.70. The van der Waals surface area contributed by atoms with Crippen molar-refractivity contribution in [1.29, 1.82) is 0 Å². The average Bonchev–Trinajstić information content (AvgIpc) is 2.02. The van der Waals surface area contributed by atoms with Crippen LogP contribution in [0.2, 0.25) is 0 Å². The molecule has 0 unspecified atom stereocenters. The van der Waals surface area contributed by atoms with Crippen LogP contribution in [0.15, 0.2) is 0 Å². The van der Waals surface area contributed by atoms with Crippen molar-refractivity contribution in [3.8, 4) is 0 Å². The van der Waals surface area contributed by atoms with Gasteiger partial charge in [-0.15, -0.1) is 0 Å². The summed E-state index contributed by atoms with van der Waals surface area (Å²) in [6.07, 6.45) is 0. The number of rotatable bonds is 6.